The van der Waals surface area contributed by atoms with Crippen molar-refractivity contribution in [1.29, 1.82) is 0 Å². The van der Waals surface area contributed by atoms with Gasteiger partial charge in [-0.15, -0.1) is 0 Å². The number of aliphatic carboxylic acids is 1. The second-order valence-corrected chi connectivity index (χ2v) is 3.44. The molecule has 0 radical (unpaired) electrons. The van der Waals surface area contributed by atoms with Gasteiger partial charge in [0.25, 0.3) is 0 Å². The molecule has 17 heavy (non-hydrogen) atoms. The number of nitrogens with two attached hydrogens (primary N) is 1. The molecule has 0 aromatic heterocycles. The predicted molar refractivity (Wildman–Crippen MR) is 59.2 cm³/mol. The van der Waals surface area contributed by atoms with E-state index in [1.54, 1.807) is 18.2 Å². The molecule has 6 nitrogen and oxygen atoms in total. The second kappa shape index (κ2) is 5.11. The molecule has 90 valence electrons. The minimum absolute atomic E-state index is 0.290. The summed E-state index contributed by atoms with van der Waals surface area (Å²) in [6.45, 7) is 0. The molecule has 0 aliphatic carbocycles. The highest BCUT2D eigenvalue weighted by Crippen LogP contribution is 2.24. The van der Waals surface area contributed by atoms with Gasteiger partial charge in [0.1, 0.15) is 6.29 Å². The first-order valence-electron chi connectivity index (χ1n) is 4.83. The number of hydrogen-bond donors (Lipinski definition) is 3. The van der Waals surface area contributed by atoms with Crippen molar-refractivity contribution in [3.63, 3.8) is 0 Å². The van der Waals surface area contributed by atoms with Crippen molar-refractivity contribution in [1.82, 2.24) is 5.32 Å². The van der Waals surface area contributed by atoms with Gasteiger partial charge in [-0.1, -0.05) is 30.3 Å². The van der Waals surface area contributed by atoms with Gasteiger partial charge in [0.15, 0.2) is 5.54 Å². The average Bonchev–Trinajstić information content (AvgIpc) is 2.28. The lowest BCUT2D eigenvalue weighted by molar-refractivity contribution is -0.146. The molecule has 0 aliphatic rings. The van der Waals surface area contributed by atoms with E-state index in [-0.39, 0.29) is 0 Å². The van der Waals surface area contributed by atoms with Crippen LogP contribution in [0.1, 0.15) is 12.0 Å². The fourth-order valence-corrected chi connectivity index (χ4v) is 1.56. The van der Waals surface area contributed by atoms with Gasteiger partial charge in [0.2, 0.25) is 0 Å². The number of hydrogen-bond acceptors (Lipinski definition) is 3. The Kier molecular flexibility index (Phi) is 3.82. The largest absolute Gasteiger partial charge is 0.479 e. The smallest absolute Gasteiger partial charge is 0.334 e. The maximum atomic E-state index is 11.3. The normalized spacial score (nSPS) is 13.4. The van der Waals surface area contributed by atoms with Crippen molar-refractivity contribution in [2.24, 2.45) is 5.73 Å². The molecule has 4 N–H and O–H groups in total. The zero-order chi connectivity index (χ0) is 12.9. The highest BCUT2D eigenvalue weighted by molar-refractivity contribution is 5.89. The van der Waals surface area contributed by atoms with Gasteiger partial charge < -0.3 is 21.0 Å². The van der Waals surface area contributed by atoms with Crippen LogP contribution in [0.4, 0.5) is 4.79 Å². The number of carbonyl (C=O) groups excluding carboxylic acids is 2. The Hall–Kier alpha value is -2.37. The third-order valence-corrected chi connectivity index (χ3v) is 2.36. The first-order valence-corrected chi connectivity index (χ1v) is 4.83. The monoisotopic (exact) mass is 236 g/mol. The first kappa shape index (κ1) is 12.7. The van der Waals surface area contributed by atoms with Crippen molar-refractivity contribution in [3.8, 4) is 0 Å². The predicted octanol–water partition coefficient (Wildman–Crippen LogP) is 0.224. The van der Waals surface area contributed by atoms with Gasteiger partial charge >= 0.3 is 12.0 Å². The molecule has 1 aromatic carbocycles. The van der Waals surface area contributed by atoms with Crippen LogP contribution < -0.4 is 11.1 Å². The molecule has 0 fully saturated rings. The molecule has 2 amide bonds. The highest BCUT2D eigenvalue weighted by Gasteiger charge is 2.41. The third-order valence-electron chi connectivity index (χ3n) is 2.36. The number of benzene rings is 1. The lowest BCUT2D eigenvalue weighted by Gasteiger charge is -2.28. The summed E-state index contributed by atoms with van der Waals surface area (Å²) in [5, 5.41) is 11.3. The van der Waals surface area contributed by atoms with Gasteiger partial charge in [-0.25, -0.2) is 9.59 Å². The van der Waals surface area contributed by atoms with Gasteiger partial charge in [-0.05, 0) is 5.56 Å². The SMILES string of the molecule is NC(=O)NC(CC=O)(C(=O)O)c1ccccc1. The molecular formula is C11H12N2O4. The van der Waals surface area contributed by atoms with Crippen molar-refractivity contribution in [2.45, 2.75) is 12.0 Å². The zero-order valence-corrected chi connectivity index (χ0v) is 8.92. The van der Waals surface area contributed by atoms with Crippen LogP contribution in [0.3, 0.4) is 0 Å². The second-order valence-electron chi connectivity index (χ2n) is 3.44. The number of aldehydes is 1. The molecule has 0 spiro atoms. The van der Waals surface area contributed by atoms with Gasteiger partial charge in [-0.2, -0.15) is 0 Å². The number of carboxylic acid groups (broad SMARTS) is 1. The Morgan fingerprint density at radius 3 is 2.35 bits per heavy atom. The first-order chi connectivity index (χ1) is 8.03. The molecule has 1 unspecified atom stereocenters. The minimum atomic E-state index is -1.81. The number of rotatable bonds is 5. The Morgan fingerprint density at radius 2 is 1.94 bits per heavy atom. The van der Waals surface area contributed by atoms with Crippen LogP contribution in [-0.2, 0) is 15.1 Å². The van der Waals surface area contributed by atoms with E-state index in [4.69, 9.17) is 5.73 Å². The van der Waals surface area contributed by atoms with E-state index in [1.807, 2.05) is 0 Å². The summed E-state index contributed by atoms with van der Waals surface area (Å²) in [5.41, 5.74) is 3.43. The summed E-state index contributed by atoms with van der Waals surface area (Å²) >= 11 is 0. The summed E-state index contributed by atoms with van der Waals surface area (Å²) in [5.74, 6) is -1.34. The summed E-state index contributed by atoms with van der Waals surface area (Å²) in [6, 6.07) is 6.93. The van der Waals surface area contributed by atoms with E-state index in [0.717, 1.165) is 0 Å². The minimum Gasteiger partial charge on any atom is -0.479 e. The molecule has 0 saturated heterocycles. The molecule has 0 bridgehead atoms. The Labute approximate surface area is 97.4 Å². The van der Waals surface area contributed by atoms with E-state index in [2.05, 4.69) is 5.32 Å². The Morgan fingerprint density at radius 1 is 1.35 bits per heavy atom. The van der Waals surface area contributed by atoms with Crippen LogP contribution in [-0.4, -0.2) is 23.4 Å². The molecule has 1 aromatic rings. The maximum absolute atomic E-state index is 11.3. The van der Waals surface area contributed by atoms with Crippen LogP contribution >= 0.6 is 0 Å². The Balaban J connectivity index is 3.28. The van der Waals surface area contributed by atoms with Gasteiger partial charge in [0.05, 0.1) is 0 Å². The fraction of sp³-hybridized carbons (Fsp3) is 0.182. The van der Waals surface area contributed by atoms with Crippen LogP contribution in [0, 0.1) is 0 Å². The molecule has 0 saturated carbocycles. The molecule has 0 aliphatic heterocycles. The zero-order valence-electron chi connectivity index (χ0n) is 8.92. The van der Waals surface area contributed by atoms with Crippen molar-refractivity contribution >= 4 is 18.3 Å². The topological polar surface area (TPSA) is 109 Å². The van der Waals surface area contributed by atoms with E-state index < -0.39 is 24.0 Å². The standard InChI is InChI=1S/C11H12N2O4/c12-10(17)13-11(6-7-14,9(15)16)8-4-2-1-3-5-8/h1-5,7H,6H2,(H,15,16)(H3,12,13,17). The van der Waals surface area contributed by atoms with Crippen LogP contribution in [0.25, 0.3) is 0 Å². The Bertz CT molecular complexity index is 432. The quantitative estimate of drug-likeness (QED) is 0.635. The summed E-state index contributed by atoms with van der Waals surface area (Å²) in [6.07, 6.45) is 0.0341. The van der Waals surface area contributed by atoms with E-state index in [0.29, 0.717) is 11.8 Å². The van der Waals surface area contributed by atoms with Crippen LogP contribution in [0.5, 0.6) is 0 Å². The van der Waals surface area contributed by atoms with Gasteiger partial charge in [0, 0.05) is 6.42 Å². The van der Waals surface area contributed by atoms with E-state index in [9.17, 15) is 19.5 Å². The molecule has 0 heterocycles. The number of amides is 2. The fourth-order valence-electron chi connectivity index (χ4n) is 1.56. The third kappa shape index (κ3) is 2.60. The highest BCUT2D eigenvalue weighted by atomic mass is 16.4. The lowest BCUT2D eigenvalue weighted by Crippen LogP contribution is -2.53. The summed E-state index contributed by atoms with van der Waals surface area (Å²) < 4.78 is 0. The van der Waals surface area contributed by atoms with Crippen molar-refractivity contribution in [3.05, 3.63) is 35.9 Å². The van der Waals surface area contributed by atoms with Crippen molar-refractivity contribution < 1.29 is 19.5 Å². The maximum Gasteiger partial charge on any atom is 0.334 e. The van der Waals surface area contributed by atoms with E-state index >= 15 is 0 Å². The lowest BCUT2D eigenvalue weighted by atomic mass is 9.87. The average molecular weight is 236 g/mol. The van der Waals surface area contributed by atoms with Crippen molar-refractivity contribution in [2.75, 3.05) is 0 Å². The molecule has 1 atom stereocenters. The number of nitrogens with one attached hydrogen (secondary N) is 1. The molecular weight excluding hydrogens is 224 g/mol. The molecule has 6 heteroatoms. The number of primary amides is 1. The van der Waals surface area contributed by atoms with Gasteiger partial charge in [-0.3, -0.25) is 0 Å². The van der Waals surface area contributed by atoms with Crippen LogP contribution in [0.15, 0.2) is 30.3 Å². The molecule has 1 rings (SSSR count). The number of carboxylic acids is 1. The van der Waals surface area contributed by atoms with Crippen LogP contribution in [0.2, 0.25) is 0 Å². The summed E-state index contributed by atoms with van der Waals surface area (Å²) in [4.78, 5) is 32.8. The summed E-state index contributed by atoms with van der Waals surface area (Å²) in [7, 11) is 0. The number of carbonyl (C=O) groups is 3. The van der Waals surface area contributed by atoms with E-state index in [1.165, 1.54) is 12.1 Å². The number of urea groups is 1.